The van der Waals surface area contributed by atoms with E-state index in [4.69, 9.17) is 16.3 Å². The van der Waals surface area contributed by atoms with Crippen LogP contribution in [0.15, 0.2) is 12.3 Å². The predicted octanol–water partition coefficient (Wildman–Crippen LogP) is 2.04. The Morgan fingerprint density at radius 3 is 2.92 bits per heavy atom. The van der Waals surface area contributed by atoms with Crippen LogP contribution in [-0.2, 0) is 0 Å². The van der Waals surface area contributed by atoms with Gasteiger partial charge < -0.3 is 14.9 Å². The number of pyridine rings is 1. The maximum Gasteiger partial charge on any atom is 0.365 e. The van der Waals surface area contributed by atoms with E-state index in [9.17, 15) is 10.1 Å². The van der Waals surface area contributed by atoms with E-state index in [1.807, 2.05) is 0 Å². The molecule has 13 heavy (non-hydrogen) atoms. The Balaban J connectivity index is 2.98. The van der Waals surface area contributed by atoms with Crippen LogP contribution in [0.25, 0.3) is 0 Å². The molecule has 1 aromatic heterocycles. The van der Waals surface area contributed by atoms with E-state index in [-0.39, 0.29) is 10.8 Å². The van der Waals surface area contributed by atoms with Crippen molar-refractivity contribution in [3.8, 4) is 5.75 Å². The minimum Gasteiger partial charge on any atom is -0.488 e. The molecule has 0 N–H and O–H groups in total. The first-order valence-corrected chi connectivity index (χ1v) is 3.95. The summed E-state index contributed by atoms with van der Waals surface area (Å²) in [4.78, 5) is 13.2. The Morgan fingerprint density at radius 1 is 1.77 bits per heavy atom. The molecule has 0 spiro atoms. The molecular formula is C7H7ClN2O3. The monoisotopic (exact) mass is 202 g/mol. The highest BCUT2D eigenvalue weighted by atomic mass is 35.5. The highest BCUT2D eigenvalue weighted by Gasteiger charge is 2.11. The van der Waals surface area contributed by atoms with E-state index >= 15 is 0 Å². The molecule has 0 saturated carbocycles. The van der Waals surface area contributed by atoms with Crippen LogP contribution in [-0.4, -0.2) is 16.5 Å². The summed E-state index contributed by atoms with van der Waals surface area (Å²) in [5.41, 5.74) is 0. The molecule has 0 amide bonds. The number of rotatable bonds is 3. The third-order valence-corrected chi connectivity index (χ3v) is 1.59. The standard InChI is InChI=1S/C7H7ClN2O3/c1-2-13-6-4-9-7(10(11)12)3-5(6)8/h3-4H,2H2,1H3. The number of ether oxygens (including phenoxy) is 1. The lowest BCUT2D eigenvalue weighted by atomic mass is 10.4. The predicted molar refractivity (Wildman–Crippen MR) is 47.1 cm³/mol. The maximum atomic E-state index is 10.3. The van der Waals surface area contributed by atoms with Crippen LogP contribution >= 0.6 is 11.6 Å². The Kier molecular flexibility index (Phi) is 3.02. The summed E-state index contributed by atoms with van der Waals surface area (Å²) in [7, 11) is 0. The highest BCUT2D eigenvalue weighted by Crippen LogP contribution is 2.26. The van der Waals surface area contributed by atoms with Gasteiger partial charge in [0.1, 0.15) is 0 Å². The maximum absolute atomic E-state index is 10.3. The third kappa shape index (κ3) is 2.29. The lowest BCUT2D eigenvalue weighted by molar-refractivity contribution is -0.389. The van der Waals surface area contributed by atoms with Crippen LogP contribution in [0, 0.1) is 10.1 Å². The molecule has 0 fully saturated rings. The minimum absolute atomic E-state index is 0.198. The van der Waals surface area contributed by atoms with E-state index in [2.05, 4.69) is 4.98 Å². The molecule has 5 nitrogen and oxygen atoms in total. The number of hydrogen-bond donors (Lipinski definition) is 0. The van der Waals surface area contributed by atoms with Crippen LogP contribution in [0.3, 0.4) is 0 Å². The van der Waals surface area contributed by atoms with Crippen LogP contribution in [0.5, 0.6) is 5.75 Å². The third-order valence-electron chi connectivity index (χ3n) is 1.29. The van der Waals surface area contributed by atoms with Crippen LogP contribution in [0.2, 0.25) is 5.02 Å². The van der Waals surface area contributed by atoms with Crippen molar-refractivity contribution >= 4 is 17.4 Å². The van der Waals surface area contributed by atoms with Crippen molar-refractivity contribution in [1.82, 2.24) is 4.98 Å². The molecule has 0 aliphatic heterocycles. The molecule has 0 aromatic carbocycles. The molecule has 0 aliphatic rings. The van der Waals surface area contributed by atoms with Gasteiger partial charge in [-0.2, -0.15) is 0 Å². The van der Waals surface area contributed by atoms with Crippen LogP contribution in [0.1, 0.15) is 6.92 Å². The van der Waals surface area contributed by atoms with Crippen molar-refractivity contribution in [2.24, 2.45) is 0 Å². The summed E-state index contributed by atoms with van der Waals surface area (Å²) < 4.78 is 5.05. The Hall–Kier alpha value is -1.36. The molecule has 6 heteroatoms. The molecule has 1 rings (SSSR count). The van der Waals surface area contributed by atoms with Gasteiger partial charge >= 0.3 is 5.82 Å². The largest absolute Gasteiger partial charge is 0.488 e. The molecule has 0 atom stereocenters. The van der Waals surface area contributed by atoms with Gasteiger partial charge in [-0.3, -0.25) is 0 Å². The fraction of sp³-hybridized carbons (Fsp3) is 0.286. The van der Waals surface area contributed by atoms with Crippen molar-refractivity contribution in [3.63, 3.8) is 0 Å². The lowest BCUT2D eigenvalue weighted by Crippen LogP contribution is -1.96. The summed E-state index contributed by atoms with van der Waals surface area (Å²) in [5, 5.41) is 10.5. The summed E-state index contributed by atoms with van der Waals surface area (Å²) in [6.07, 6.45) is 1.24. The number of hydrogen-bond acceptors (Lipinski definition) is 4. The summed E-state index contributed by atoms with van der Waals surface area (Å²) >= 11 is 5.68. The fourth-order valence-electron chi connectivity index (χ4n) is 0.770. The lowest BCUT2D eigenvalue weighted by Gasteiger charge is -2.01. The van der Waals surface area contributed by atoms with Crippen molar-refractivity contribution in [2.75, 3.05) is 6.61 Å². The molecule has 0 saturated heterocycles. The van der Waals surface area contributed by atoms with Gasteiger partial charge in [0.05, 0.1) is 17.7 Å². The first-order chi connectivity index (χ1) is 6.15. The first kappa shape index (κ1) is 9.73. The van der Waals surface area contributed by atoms with E-state index in [1.165, 1.54) is 6.20 Å². The van der Waals surface area contributed by atoms with Crippen molar-refractivity contribution in [3.05, 3.63) is 27.4 Å². The summed E-state index contributed by atoms with van der Waals surface area (Å²) in [6, 6.07) is 1.16. The second kappa shape index (κ2) is 4.04. The zero-order chi connectivity index (χ0) is 9.84. The Bertz CT molecular complexity index is 330. The highest BCUT2D eigenvalue weighted by molar-refractivity contribution is 6.32. The molecule has 0 bridgehead atoms. The fourth-order valence-corrected chi connectivity index (χ4v) is 0.971. The molecular weight excluding hydrogens is 196 g/mol. The van der Waals surface area contributed by atoms with Gasteiger partial charge in [-0.15, -0.1) is 0 Å². The molecule has 1 aromatic rings. The number of aromatic nitrogens is 1. The van der Waals surface area contributed by atoms with Gasteiger partial charge in [0.2, 0.25) is 0 Å². The molecule has 0 unspecified atom stereocenters. The van der Waals surface area contributed by atoms with Gasteiger partial charge in [-0.05, 0) is 16.8 Å². The second-order valence-electron chi connectivity index (χ2n) is 2.16. The minimum atomic E-state index is -0.610. The van der Waals surface area contributed by atoms with Crippen molar-refractivity contribution < 1.29 is 9.66 Å². The molecule has 0 radical (unpaired) electrons. The zero-order valence-corrected chi connectivity index (χ0v) is 7.61. The smallest absolute Gasteiger partial charge is 0.365 e. The summed E-state index contributed by atoms with van der Waals surface area (Å²) in [5.74, 6) is 0.0724. The van der Waals surface area contributed by atoms with Crippen molar-refractivity contribution in [1.29, 1.82) is 0 Å². The number of halogens is 1. The SMILES string of the molecule is CCOc1cnc([N+](=O)[O-])cc1Cl. The first-order valence-electron chi connectivity index (χ1n) is 3.58. The van der Waals surface area contributed by atoms with Gasteiger partial charge in [-0.25, -0.2) is 0 Å². The summed E-state index contributed by atoms with van der Waals surface area (Å²) in [6.45, 7) is 2.23. The number of nitrogens with zero attached hydrogens (tertiary/aromatic N) is 2. The van der Waals surface area contributed by atoms with Gasteiger partial charge in [0, 0.05) is 0 Å². The molecule has 70 valence electrons. The van der Waals surface area contributed by atoms with E-state index in [0.29, 0.717) is 12.4 Å². The van der Waals surface area contributed by atoms with E-state index in [1.54, 1.807) is 6.92 Å². The quantitative estimate of drug-likeness (QED) is 0.556. The second-order valence-corrected chi connectivity index (χ2v) is 2.57. The van der Waals surface area contributed by atoms with Crippen molar-refractivity contribution in [2.45, 2.75) is 6.92 Å². The van der Waals surface area contributed by atoms with E-state index < -0.39 is 4.92 Å². The average Bonchev–Trinajstić information content (AvgIpc) is 2.08. The molecule has 0 aliphatic carbocycles. The Labute approximate surface area is 79.5 Å². The molecule has 1 heterocycles. The van der Waals surface area contributed by atoms with Crippen LogP contribution in [0.4, 0.5) is 5.82 Å². The van der Waals surface area contributed by atoms with Gasteiger partial charge in [-0.1, -0.05) is 11.6 Å². The topological polar surface area (TPSA) is 65.3 Å². The Morgan fingerprint density at radius 2 is 2.46 bits per heavy atom. The zero-order valence-electron chi connectivity index (χ0n) is 6.86. The normalized spacial score (nSPS) is 9.69. The van der Waals surface area contributed by atoms with Crippen LogP contribution < -0.4 is 4.74 Å². The van der Waals surface area contributed by atoms with E-state index in [0.717, 1.165) is 6.07 Å². The average molecular weight is 203 g/mol. The van der Waals surface area contributed by atoms with Gasteiger partial charge in [0.15, 0.2) is 11.9 Å². The number of nitro groups is 1. The van der Waals surface area contributed by atoms with Gasteiger partial charge in [0.25, 0.3) is 0 Å².